The summed E-state index contributed by atoms with van der Waals surface area (Å²) in [5.74, 6) is 1.64. The lowest BCUT2D eigenvalue weighted by Crippen LogP contribution is -2.12. The number of ether oxygens (including phenoxy) is 1. The van der Waals surface area contributed by atoms with Crippen LogP contribution in [0.2, 0.25) is 0 Å². The van der Waals surface area contributed by atoms with Crippen molar-refractivity contribution in [1.29, 1.82) is 0 Å². The first-order valence-electron chi connectivity index (χ1n) is 7.01. The minimum absolute atomic E-state index is 0.771. The molecular weight excluding hydrogens is 256 g/mol. The van der Waals surface area contributed by atoms with Gasteiger partial charge in [-0.15, -0.1) is 0 Å². The number of hydrogen-bond acceptors (Lipinski definition) is 1. The lowest BCUT2D eigenvalue weighted by molar-refractivity contribution is 0.475. The zero-order valence-electron chi connectivity index (χ0n) is 12.4. The highest BCUT2D eigenvalue weighted by Gasteiger charge is 2.06. The van der Waals surface area contributed by atoms with Gasteiger partial charge in [0.1, 0.15) is 11.5 Å². The van der Waals surface area contributed by atoms with Gasteiger partial charge in [-0.3, -0.25) is 0 Å². The maximum absolute atomic E-state index is 6.11. The van der Waals surface area contributed by atoms with Crippen molar-refractivity contribution >= 4 is 23.9 Å². The maximum Gasteiger partial charge on any atom is 0.135 e. The zero-order chi connectivity index (χ0) is 15.0. The van der Waals surface area contributed by atoms with Crippen LogP contribution < -0.4 is 15.2 Å². The largest absolute Gasteiger partial charge is 0.456 e. The fourth-order valence-electron chi connectivity index (χ4n) is 2.51. The molecule has 3 aromatic rings. The van der Waals surface area contributed by atoms with Gasteiger partial charge >= 0.3 is 0 Å². The third kappa shape index (κ3) is 2.43. The first kappa shape index (κ1) is 13.4. The topological polar surface area (TPSA) is 9.23 Å². The monoisotopic (exact) mass is 274 g/mol. The summed E-state index contributed by atoms with van der Waals surface area (Å²) in [6, 6.07) is 16.3. The predicted octanol–water partition coefficient (Wildman–Crippen LogP) is 4.07. The van der Waals surface area contributed by atoms with Crippen molar-refractivity contribution in [1.82, 2.24) is 0 Å². The summed E-state index contributed by atoms with van der Waals surface area (Å²) in [7, 11) is 0. The molecular formula is C20H18O. The Balaban J connectivity index is 2.18. The van der Waals surface area contributed by atoms with E-state index in [9.17, 15) is 0 Å². The summed E-state index contributed by atoms with van der Waals surface area (Å²) in [4.78, 5) is 0. The number of aryl methyl sites for hydroxylation is 2. The van der Waals surface area contributed by atoms with Gasteiger partial charge in [0.15, 0.2) is 0 Å². The molecule has 1 nitrogen and oxygen atoms in total. The highest BCUT2D eigenvalue weighted by atomic mass is 16.5. The normalized spacial score (nSPS) is 10.8. The highest BCUT2D eigenvalue weighted by Crippen LogP contribution is 2.24. The minimum atomic E-state index is 0.771. The lowest BCUT2D eigenvalue weighted by atomic mass is 10.1. The van der Waals surface area contributed by atoms with Crippen LogP contribution in [0.3, 0.4) is 0 Å². The minimum Gasteiger partial charge on any atom is -0.456 e. The molecule has 104 valence electrons. The number of rotatable bonds is 2. The lowest BCUT2D eigenvalue weighted by Gasteiger charge is -2.12. The Hall–Kier alpha value is -2.54. The molecule has 0 aliphatic carbocycles. The highest BCUT2D eigenvalue weighted by molar-refractivity contribution is 5.85. The van der Waals surface area contributed by atoms with Gasteiger partial charge in [0.25, 0.3) is 0 Å². The van der Waals surface area contributed by atoms with Crippen LogP contribution in [0.4, 0.5) is 0 Å². The summed E-state index contributed by atoms with van der Waals surface area (Å²) in [5, 5.41) is 4.07. The molecule has 0 amide bonds. The Labute approximate surface area is 124 Å². The Kier molecular flexibility index (Phi) is 3.26. The number of hydrogen-bond donors (Lipinski definition) is 0. The summed E-state index contributed by atoms with van der Waals surface area (Å²) >= 11 is 0. The molecule has 0 bridgehead atoms. The molecule has 0 fully saturated rings. The Morgan fingerprint density at radius 3 is 2.29 bits per heavy atom. The Morgan fingerprint density at radius 1 is 0.810 bits per heavy atom. The zero-order valence-corrected chi connectivity index (χ0v) is 12.4. The van der Waals surface area contributed by atoms with Crippen molar-refractivity contribution < 1.29 is 4.74 Å². The molecule has 0 saturated heterocycles. The van der Waals surface area contributed by atoms with Gasteiger partial charge in [-0.1, -0.05) is 49.6 Å². The second-order valence-corrected chi connectivity index (χ2v) is 5.43. The van der Waals surface area contributed by atoms with Crippen molar-refractivity contribution in [3.8, 4) is 11.5 Å². The van der Waals surface area contributed by atoms with E-state index in [-0.39, 0.29) is 0 Å². The van der Waals surface area contributed by atoms with Gasteiger partial charge in [0.2, 0.25) is 0 Å². The maximum atomic E-state index is 6.11. The van der Waals surface area contributed by atoms with E-state index in [0.29, 0.717) is 0 Å². The molecule has 0 N–H and O–H groups in total. The van der Waals surface area contributed by atoms with Crippen LogP contribution in [0.15, 0.2) is 48.5 Å². The first-order valence-corrected chi connectivity index (χ1v) is 7.01. The molecule has 0 radical (unpaired) electrons. The molecule has 0 aromatic heterocycles. The van der Waals surface area contributed by atoms with Crippen LogP contribution >= 0.6 is 0 Å². The van der Waals surface area contributed by atoms with Crippen LogP contribution in [0.5, 0.6) is 11.5 Å². The number of fused-ring (bicyclic) bond motifs is 1. The second-order valence-electron chi connectivity index (χ2n) is 5.43. The van der Waals surface area contributed by atoms with Gasteiger partial charge in [-0.2, -0.15) is 0 Å². The fourth-order valence-corrected chi connectivity index (χ4v) is 2.51. The first-order chi connectivity index (χ1) is 10.1. The standard InChI is InChI=1S/C20H18O/c1-13-9-10-14(2)19(11-13)21-20-12-15(3)17-7-5-6-8-18(17)16(20)4/h5-12H,3-4H2,1-2H3. The van der Waals surface area contributed by atoms with E-state index >= 15 is 0 Å². The van der Waals surface area contributed by atoms with Gasteiger partial charge < -0.3 is 4.74 Å². The molecule has 0 aliphatic rings. The van der Waals surface area contributed by atoms with E-state index in [0.717, 1.165) is 38.3 Å². The molecule has 0 atom stereocenters. The molecule has 21 heavy (non-hydrogen) atoms. The van der Waals surface area contributed by atoms with E-state index in [1.165, 1.54) is 5.56 Å². The van der Waals surface area contributed by atoms with E-state index in [2.05, 4.69) is 44.3 Å². The number of benzene rings is 3. The predicted molar refractivity (Wildman–Crippen MR) is 90.2 cm³/mol. The molecule has 3 aromatic carbocycles. The molecule has 0 heterocycles. The van der Waals surface area contributed by atoms with Gasteiger partial charge in [-0.25, -0.2) is 0 Å². The third-order valence-corrected chi connectivity index (χ3v) is 3.76. The summed E-state index contributed by atoms with van der Waals surface area (Å²) < 4.78 is 6.11. The fraction of sp³-hybridized carbons (Fsp3) is 0.100. The quantitative estimate of drug-likeness (QED) is 0.684. The van der Waals surface area contributed by atoms with E-state index in [1.54, 1.807) is 0 Å². The van der Waals surface area contributed by atoms with Gasteiger partial charge in [0.05, 0.1) is 0 Å². The van der Waals surface area contributed by atoms with Crippen LogP contribution in [0.25, 0.3) is 23.9 Å². The van der Waals surface area contributed by atoms with E-state index in [4.69, 9.17) is 4.74 Å². The van der Waals surface area contributed by atoms with Crippen molar-refractivity contribution in [3.05, 3.63) is 70.1 Å². The summed E-state index contributed by atoms with van der Waals surface area (Å²) in [6.07, 6.45) is 0. The van der Waals surface area contributed by atoms with Crippen molar-refractivity contribution in [3.63, 3.8) is 0 Å². The van der Waals surface area contributed by atoms with Crippen molar-refractivity contribution in [2.24, 2.45) is 0 Å². The van der Waals surface area contributed by atoms with E-state index in [1.807, 2.05) is 31.2 Å². The Morgan fingerprint density at radius 2 is 1.52 bits per heavy atom. The second kappa shape index (κ2) is 5.10. The molecule has 0 aliphatic heterocycles. The SMILES string of the molecule is C=c1cc(Oc2cc(C)ccc2C)c(=C)c2ccccc12. The van der Waals surface area contributed by atoms with Gasteiger partial charge in [0, 0.05) is 5.22 Å². The third-order valence-electron chi connectivity index (χ3n) is 3.76. The van der Waals surface area contributed by atoms with Crippen LogP contribution in [0.1, 0.15) is 11.1 Å². The summed E-state index contributed by atoms with van der Waals surface area (Å²) in [6.45, 7) is 12.4. The molecule has 0 unspecified atom stereocenters. The average Bonchev–Trinajstić information content (AvgIpc) is 2.48. The smallest absolute Gasteiger partial charge is 0.135 e. The average molecular weight is 274 g/mol. The molecule has 3 rings (SSSR count). The van der Waals surface area contributed by atoms with Crippen LogP contribution in [-0.2, 0) is 0 Å². The van der Waals surface area contributed by atoms with Crippen LogP contribution in [-0.4, -0.2) is 0 Å². The van der Waals surface area contributed by atoms with Crippen molar-refractivity contribution in [2.45, 2.75) is 13.8 Å². The Bertz CT molecular complexity index is 922. The summed E-state index contributed by atoms with van der Waals surface area (Å²) in [5.41, 5.74) is 2.29. The van der Waals surface area contributed by atoms with Crippen molar-refractivity contribution in [2.75, 3.05) is 0 Å². The molecule has 1 heteroatoms. The molecule has 0 spiro atoms. The van der Waals surface area contributed by atoms with Crippen LogP contribution in [0, 0.1) is 13.8 Å². The van der Waals surface area contributed by atoms with Gasteiger partial charge in [-0.05, 0) is 53.1 Å². The van der Waals surface area contributed by atoms with E-state index < -0.39 is 0 Å². The molecule has 0 saturated carbocycles.